The van der Waals surface area contributed by atoms with Gasteiger partial charge in [-0.3, -0.25) is 4.79 Å². The van der Waals surface area contributed by atoms with Gasteiger partial charge in [-0.15, -0.1) is 23.1 Å². The molecule has 2 aromatic carbocycles. The van der Waals surface area contributed by atoms with Crippen molar-refractivity contribution in [3.8, 4) is 0 Å². The Hall–Kier alpha value is -1.92. The van der Waals surface area contributed by atoms with Crippen LogP contribution in [-0.4, -0.2) is 16.6 Å². The van der Waals surface area contributed by atoms with Crippen LogP contribution in [0.15, 0.2) is 48.5 Å². The van der Waals surface area contributed by atoms with Crippen LogP contribution in [0.3, 0.4) is 0 Å². The van der Waals surface area contributed by atoms with Crippen LogP contribution in [0.25, 0.3) is 10.2 Å². The molecule has 0 bridgehead atoms. The maximum absolute atomic E-state index is 12.8. The summed E-state index contributed by atoms with van der Waals surface area (Å²) >= 11 is 3.16. The van der Waals surface area contributed by atoms with Crippen LogP contribution < -0.4 is 5.32 Å². The monoisotopic (exact) mass is 332 g/mol. The Bertz CT molecular complexity index is 753. The summed E-state index contributed by atoms with van der Waals surface area (Å²) in [5.74, 6) is 0.629. The summed E-state index contributed by atoms with van der Waals surface area (Å²) in [6.45, 7) is 0. The third-order valence-electron chi connectivity index (χ3n) is 2.92. The maximum Gasteiger partial charge on any atom is 0.234 e. The molecule has 0 spiro atoms. The predicted octanol–water partition coefficient (Wildman–Crippen LogP) is 4.31. The van der Waals surface area contributed by atoms with E-state index in [4.69, 9.17) is 0 Å². The Morgan fingerprint density at radius 1 is 1.18 bits per heavy atom. The third-order valence-corrected chi connectivity index (χ3v) is 5.09. The van der Waals surface area contributed by atoms with Crippen molar-refractivity contribution in [3.63, 3.8) is 0 Å². The van der Waals surface area contributed by atoms with E-state index in [0.717, 1.165) is 15.2 Å². The molecule has 0 saturated carbocycles. The fourth-order valence-corrected chi connectivity index (χ4v) is 3.79. The number of aromatic nitrogens is 1. The highest BCUT2D eigenvalue weighted by atomic mass is 32.2. The first kappa shape index (κ1) is 15.0. The highest BCUT2D eigenvalue weighted by molar-refractivity contribution is 7.99. The number of benzene rings is 2. The molecule has 3 aromatic rings. The summed E-state index contributed by atoms with van der Waals surface area (Å²) in [4.78, 5) is 16.3. The first-order valence-electron chi connectivity index (χ1n) is 6.68. The van der Waals surface area contributed by atoms with E-state index in [9.17, 15) is 9.18 Å². The molecule has 0 aliphatic heterocycles. The number of thioether (sulfide) groups is 1. The van der Waals surface area contributed by atoms with Crippen LogP contribution >= 0.6 is 23.1 Å². The quantitative estimate of drug-likeness (QED) is 0.757. The van der Waals surface area contributed by atoms with E-state index in [0.29, 0.717) is 17.2 Å². The zero-order valence-electron chi connectivity index (χ0n) is 11.6. The molecule has 3 nitrogen and oxygen atoms in total. The normalized spacial score (nSPS) is 10.8. The first-order valence-corrected chi connectivity index (χ1v) is 8.65. The van der Waals surface area contributed by atoms with Crippen LogP contribution in [0.5, 0.6) is 0 Å². The Kier molecular flexibility index (Phi) is 4.70. The minimum absolute atomic E-state index is 0.0993. The fraction of sp³-hybridized carbons (Fsp3) is 0.125. The van der Waals surface area contributed by atoms with E-state index in [1.54, 1.807) is 23.5 Å². The van der Waals surface area contributed by atoms with E-state index >= 15 is 0 Å². The smallest absolute Gasteiger partial charge is 0.234 e. The number of thiazole rings is 1. The van der Waals surface area contributed by atoms with Crippen molar-refractivity contribution < 1.29 is 9.18 Å². The van der Waals surface area contributed by atoms with Gasteiger partial charge in [-0.1, -0.05) is 12.1 Å². The van der Waals surface area contributed by atoms with Gasteiger partial charge in [-0.25, -0.2) is 9.37 Å². The summed E-state index contributed by atoms with van der Waals surface area (Å²) in [5, 5.41) is 3.75. The second-order valence-electron chi connectivity index (χ2n) is 4.62. The molecule has 1 aromatic heterocycles. The third kappa shape index (κ3) is 3.84. The van der Waals surface area contributed by atoms with Crippen LogP contribution in [0, 0.1) is 5.82 Å². The van der Waals surface area contributed by atoms with E-state index in [-0.39, 0.29) is 11.7 Å². The molecule has 0 unspecified atom stereocenters. The van der Waals surface area contributed by atoms with Crippen molar-refractivity contribution in [2.24, 2.45) is 0 Å². The van der Waals surface area contributed by atoms with Gasteiger partial charge in [-0.2, -0.15) is 0 Å². The Labute approximate surface area is 135 Å². The Balaban J connectivity index is 1.49. The van der Waals surface area contributed by atoms with Crippen LogP contribution in [0.4, 0.5) is 10.1 Å². The number of hydrogen-bond donors (Lipinski definition) is 1. The fourth-order valence-electron chi connectivity index (χ4n) is 1.94. The molecule has 0 aliphatic carbocycles. The lowest BCUT2D eigenvalue weighted by Gasteiger charge is -2.04. The molecular weight excluding hydrogens is 319 g/mol. The van der Waals surface area contributed by atoms with Crippen LogP contribution in [-0.2, 0) is 10.5 Å². The van der Waals surface area contributed by atoms with Crippen molar-refractivity contribution in [2.45, 2.75) is 5.75 Å². The lowest BCUT2D eigenvalue weighted by molar-refractivity contribution is -0.113. The highest BCUT2D eigenvalue weighted by Gasteiger charge is 2.06. The molecule has 112 valence electrons. The molecular formula is C16H13FN2OS2. The number of nitrogens with one attached hydrogen (secondary N) is 1. The standard InChI is InChI=1S/C16H13FN2OS2/c17-11-5-7-12(8-6-11)18-15(20)9-21-10-16-19-13-3-1-2-4-14(13)22-16/h1-8H,9-10H2,(H,18,20). The molecule has 1 amide bonds. The maximum atomic E-state index is 12.8. The number of carbonyl (C=O) groups excluding carboxylic acids is 1. The summed E-state index contributed by atoms with van der Waals surface area (Å²) in [7, 11) is 0. The van der Waals surface area contributed by atoms with Crippen molar-refractivity contribution in [3.05, 3.63) is 59.4 Å². The summed E-state index contributed by atoms with van der Waals surface area (Å²) < 4.78 is 13.9. The topological polar surface area (TPSA) is 42.0 Å². The number of fused-ring (bicyclic) bond motifs is 1. The molecule has 0 aliphatic rings. The Morgan fingerprint density at radius 3 is 2.73 bits per heavy atom. The number of rotatable bonds is 5. The van der Waals surface area contributed by atoms with Gasteiger partial charge in [-0.05, 0) is 36.4 Å². The minimum Gasteiger partial charge on any atom is -0.325 e. The number of nitrogens with zero attached hydrogens (tertiary/aromatic N) is 1. The molecule has 0 radical (unpaired) electrons. The highest BCUT2D eigenvalue weighted by Crippen LogP contribution is 2.24. The first-order chi connectivity index (χ1) is 10.7. The largest absolute Gasteiger partial charge is 0.325 e. The molecule has 1 heterocycles. The van der Waals surface area contributed by atoms with Gasteiger partial charge in [0, 0.05) is 11.4 Å². The number of carbonyl (C=O) groups is 1. The number of para-hydroxylation sites is 1. The molecule has 0 saturated heterocycles. The van der Waals surface area contributed by atoms with E-state index < -0.39 is 0 Å². The molecule has 0 fully saturated rings. The molecule has 3 rings (SSSR count). The average Bonchev–Trinajstić information content (AvgIpc) is 2.92. The van der Waals surface area contributed by atoms with E-state index in [1.807, 2.05) is 24.3 Å². The lowest BCUT2D eigenvalue weighted by Crippen LogP contribution is -2.14. The van der Waals surface area contributed by atoms with Gasteiger partial charge >= 0.3 is 0 Å². The number of hydrogen-bond acceptors (Lipinski definition) is 4. The lowest BCUT2D eigenvalue weighted by atomic mass is 10.3. The zero-order chi connectivity index (χ0) is 15.4. The predicted molar refractivity (Wildman–Crippen MR) is 90.8 cm³/mol. The number of halogens is 1. The van der Waals surface area contributed by atoms with Crippen LogP contribution in [0.1, 0.15) is 5.01 Å². The Morgan fingerprint density at radius 2 is 1.95 bits per heavy atom. The average molecular weight is 332 g/mol. The van der Waals surface area contributed by atoms with Gasteiger partial charge in [0.25, 0.3) is 0 Å². The second-order valence-corrected chi connectivity index (χ2v) is 6.72. The summed E-state index contributed by atoms with van der Waals surface area (Å²) in [5.41, 5.74) is 1.60. The van der Waals surface area contributed by atoms with Crippen LogP contribution in [0.2, 0.25) is 0 Å². The number of anilines is 1. The molecule has 6 heteroatoms. The zero-order valence-corrected chi connectivity index (χ0v) is 13.2. The number of amides is 1. The van der Waals surface area contributed by atoms with E-state index in [2.05, 4.69) is 10.3 Å². The van der Waals surface area contributed by atoms with Gasteiger partial charge in [0.1, 0.15) is 10.8 Å². The van der Waals surface area contributed by atoms with Gasteiger partial charge in [0.15, 0.2) is 0 Å². The minimum atomic E-state index is -0.316. The summed E-state index contributed by atoms with van der Waals surface area (Å²) in [6.07, 6.45) is 0. The van der Waals surface area contributed by atoms with Gasteiger partial charge in [0.05, 0.1) is 16.0 Å². The molecule has 22 heavy (non-hydrogen) atoms. The van der Waals surface area contributed by atoms with Crippen molar-refractivity contribution in [1.29, 1.82) is 0 Å². The van der Waals surface area contributed by atoms with Crippen molar-refractivity contribution >= 4 is 44.9 Å². The van der Waals surface area contributed by atoms with Gasteiger partial charge in [0.2, 0.25) is 5.91 Å². The molecule has 1 N–H and O–H groups in total. The van der Waals surface area contributed by atoms with Crippen molar-refractivity contribution in [2.75, 3.05) is 11.1 Å². The van der Waals surface area contributed by atoms with Crippen molar-refractivity contribution in [1.82, 2.24) is 4.98 Å². The SMILES string of the molecule is O=C(CSCc1nc2ccccc2s1)Nc1ccc(F)cc1. The molecule has 0 atom stereocenters. The van der Waals surface area contributed by atoms with E-state index in [1.165, 1.54) is 23.9 Å². The second kappa shape index (κ2) is 6.89. The van der Waals surface area contributed by atoms with Gasteiger partial charge < -0.3 is 5.32 Å². The summed E-state index contributed by atoms with van der Waals surface area (Å²) in [6, 6.07) is 13.7.